The Balaban J connectivity index is 2.24. The van der Waals surface area contributed by atoms with Crippen molar-refractivity contribution in [1.29, 1.82) is 0 Å². The number of carbonyl (C=O) groups excluding carboxylic acids is 1. The Labute approximate surface area is 118 Å². The van der Waals surface area contributed by atoms with E-state index in [0.717, 1.165) is 5.69 Å². The van der Waals surface area contributed by atoms with Gasteiger partial charge in [0.25, 0.3) is 0 Å². The molecule has 0 atom stereocenters. The van der Waals surface area contributed by atoms with E-state index in [-0.39, 0.29) is 5.78 Å². The predicted molar refractivity (Wildman–Crippen MR) is 79.9 cm³/mol. The molecule has 2 aromatic carbocycles. The summed E-state index contributed by atoms with van der Waals surface area (Å²) >= 11 is 0. The van der Waals surface area contributed by atoms with Gasteiger partial charge in [-0.15, -0.1) is 5.11 Å². The van der Waals surface area contributed by atoms with Crippen LogP contribution in [0.2, 0.25) is 0 Å². The van der Waals surface area contributed by atoms with Gasteiger partial charge in [0.2, 0.25) is 0 Å². The summed E-state index contributed by atoms with van der Waals surface area (Å²) in [4.78, 5) is 14.0. The van der Waals surface area contributed by atoms with Gasteiger partial charge >= 0.3 is 0 Å². The van der Waals surface area contributed by atoms with Gasteiger partial charge in [-0.1, -0.05) is 30.3 Å². The molecule has 20 heavy (non-hydrogen) atoms. The summed E-state index contributed by atoms with van der Waals surface area (Å²) in [6.07, 6.45) is 0. The van der Waals surface area contributed by atoms with Crippen LogP contribution >= 0.6 is 0 Å². The third-order valence-electron chi connectivity index (χ3n) is 2.69. The van der Waals surface area contributed by atoms with Crippen molar-refractivity contribution >= 4 is 17.2 Å². The molecule has 0 saturated carbocycles. The highest BCUT2D eigenvalue weighted by molar-refractivity contribution is 6.01. The number of hydrogen-bond acceptors (Lipinski definition) is 4. The van der Waals surface area contributed by atoms with E-state index in [0.29, 0.717) is 17.8 Å². The second-order valence-electron chi connectivity index (χ2n) is 4.71. The van der Waals surface area contributed by atoms with E-state index in [1.807, 2.05) is 61.5 Å². The molecule has 4 heteroatoms. The number of ketones is 1. The topological polar surface area (TPSA) is 45.0 Å². The molecule has 102 valence electrons. The van der Waals surface area contributed by atoms with Crippen molar-refractivity contribution in [3.8, 4) is 0 Å². The molecular formula is C16H17N3O. The summed E-state index contributed by atoms with van der Waals surface area (Å²) in [5.41, 5.74) is 1.96. The molecule has 0 aromatic heterocycles. The Hall–Kier alpha value is -2.33. The highest BCUT2D eigenvalue weighted by atomic mass is 16.1. The number of nitrogens with zero attached hydrogens (tertiary/aromatic N) is 3. The highest BCUT2D eigenvalue weighted by Gasteiger charge is 2.11. The van der Waals surface area contributed by atoms with Gasteiger partial charge in [-0.3, -0.25) is 4.79 Å². The van der Waals surface area contributed by atoms with Crippen molar-refractivity contribution in [2.75, 3.05) is 20.6 Å². The number of azo groups is 1. The van der Waals surface area contributed by atoms with Gasteiger partial charge in [0.15, 0.2) is 5.78 Å². The van der Waals surface area contributed by atoms with Crippen LogP contribution in [0.25, 0.3) is 0 Å². The van der Waals surface area contributed by atoms with Crippen LogP contribution in [0, 0.1) is 0 Å². The quantitative estimate of drug-likeness (QED) is 0.610. The molecule has 0 bridgehead atoms. The maximum absolute atomic E-state index is 12.1. The maximum atomic E-state index is 12.1. The van der Waals surface area contributed by atoms with Crippen molar-refractivity contribution in [1.82, 2.24) is 4.90 Å². The number of likely N-dealkylation sites (N-methyl/N-ethyl adjacent to an activating group) is 1. The van der Waals surface area contributed by atoms with Crippen molar-refractivity contribution in [2.24, 2.45) is 10.2 Å². The molecule has 2 aromatic rings. The second-order valence-corrected chi connectivity index (χ2v) is 4.71. The van der Waals surface area contributed by atoms with E-state index >= 15 is 0 Å². The second kappa shape index (κ2) is 6.73. The lowest BCUT2D eigenvalue weighted by Gasteiger charge is -2.09. The zero-order valence-corrected chi connectivity index (χ0v) is 11.7. The Kier molecular flexibility index (Phi) is 4.74. The zero-order valence-electron chi connectivity index (χ0n) is 11.7. The third kappa shape index (κ3) is 3.83. The molecule has 0 unspecified atom stereocenters. The highest BCUT2D eigenvalue weighted by Crippen LogP contribution is 2.22. The van der Waals surface area contributed by atoms with Gasteiger partial charge in [-0.25, -0.2) is 0 Å². The first-order valence-electron chi connectivity index (χ1n) is 6.40. The molecule has 2 rings (SSSR count). The van der Waals surface area contributed by atoms with Gasteiger partial charge in [0, 0.05) is 5.56 Å². The van der Waals surface area contributed by atoms with Crippen LogP contribution in [0.1, 0.15) is 10.4 Å². The van der Waals surface area contributed by atoms with Gasteiger partial charge in [0.05, 0.1) is 17.9 Å². The van der Waals surface area contributed by atoms with Crippen LogP contribution in [-0.4, -0.2) is 31.3 Å². The van der Waals surface area contributed by atoms with Crippen LogP contribution in [0.4, 0.5) is 11.4 Å². The minimum Gasteiger partial charge on any atom is -0.302 e. The summed E-state index contributed by atoms with van der Waals surface area (Å²) in [6.45, 7) is 0.359. The van der Waals surface area contributed by atoms with Crippen LogP contribution in [0.5, 0.6) is 0 Å². The maximum Gasteiger partial charge on any atom is 0.179 e. The number of benzene rings is 2. The van der Waals surface area contributed by atoms with Crippen LogP contribution in [0.3, 0.4) is 0 Å². The SMILES string of the molecule is CN(C)CC(=O)c1ccccc1N=Nc1ccccc1. The van der Waals surface area contributed by atoms with Crippen molar-refractivity contribution in [3.05, 3.63) is 60.2 Å². The molecule has 4 nitrogen and oxygen atoms in total. The molecule has 0 N–H and O–H groups in total. The van der Waals surface area contributed by atoms with E-state index in [1.165, 1.54) is 0 Å². The minimum atomic E-state index is 0.0395. The minimum absolute atomic E-state index is 0.0395. The Morgan fingerprint density at radius 2 is 1.60 bits per heavy atom. The smallest absolute Gasteiger partial charge is 0.179 e. The molecule has 0 aliphatic rings. The molecule has 0 spiro atoms. The Morgan fingerprint density at radius 1 is 0.950 bits per heavy atom. The number of rotatable bonds is 5. The molecule has 0 aliphatic carbocycles. The normalized spacial score (nSPS) is 11.2. The summed E-state index contributed by atoms with van der Waals surface area (Å²) < 4.78 is 0. The van der Waals surface area contributed by atoms with E-state index in [1.54, 1.807) is 12.1 Å². The van der Waals surface area contributed by atoms with Crippen LogP contribution in [-0.2, 0) is 0 Å². The summed E-state index contributed by atoms with van der Waals surface area (Å²) in [6, 6.07) is 16.7. The van der Waals surface area contributed by atoms with Gasteiger partial charge in [-0.05, 0) is 38.4 Å². The largest absolute Gasteiger partial charge is 0.302 e. The molecule has 0 radical (unpaired) electrons. The average Bonchev–Trinajstić information content (AvgIpc) is 2.46. The molecule has 0 heterocycles. The monoisotopic (exact) mass is 267 g/mol. The summed E-state index contributed by atoms with van der Waals surface area (Å²) in [5, 5.41) is 8.35. The lowest BCUT2D eigenvalue weighted by molar-refractivity contribution is 0.0958. The zero-order chi connectivity index (χ0) is 14.4. The number of carbonyl (C=O) groups is 1. The van der Waals surface area contributed by atoms with Gasteiger partial charge in [0.1, 0.15) is 0 Å². The lowest BCUT2D eigenvalue weighted by atomic mass is 10.1. The fraction of sp³-hybridized carbons (Fsp3) is 0.188. The predicted octanol–water partition coefficient (Wildman–Crippen LogP) is 3.85. The first kappa shape index (κ1) is 14.1. The Bertz CT molecular complexity index is 606. The van der Waals surface area contributed by atoms with Crippen molar-refractivity contribution in [2.45, 2.75) is 0 Å². The molecule has 0 amide bonds. The van der Waals surface area contributed by atoms with E-state index in [9.17, 15) is 4.79 Å². The Morgan fingerprint density at radius 3 is 2.30 bits per heavy atom. The first-order valence-corrected chi connectivity index (χ1v) is 6.40. The van der Waals surface area contributed by atoms with Gasteiger partial charge in [-0.2, -0.15) is 5.11 Å². The molecule has 0 saturated heterocycles. The lowest BCUT2D eigenvalue weighted by Crippen LogP contribution is -2.21. The van der Waals surface area contributed by atoms with Crippen molar-refractivity contribution < 1.29 is 4.79 Å². The van der Waals surface area contributed by atoms with E-state index in [2.05, 4.69) is 10.2 Å². The van der Waals surface area contributed by atoms with Gasteiger partial charge < -0.3 is 4.90 Å². The summed E-state index contributed by atoms with van der Waals surface area (Å²) in [5.74, 6) is 0.0395. The molecule has 0 fully saturated rings. The molecular weight excluding hydrogens is 250 g/mol. The van der Waals surface area contributed by atoms with E-state index < -0.39 is 0 Å². The molecule has 0 aliphatic heterocycles. The number of Topliss-reactive ketones (excluding diaryl/α,β-unsaturated/α-hetero) is 1. The fourth-order valence-corrected chi connectivity index (χ4v) is 1.78. The van der Waals surface area contributed by atoms with Crippen molar-refractivity contribution in [3.63, 3.8) is 0 Å². The van der Waals surface area contributed by atoms with Crippen LogP contribution < -0.4 is 0 Å². The summed E-state index contributed by atoms with van der Waals surface area (Å²) in [7, 11) is 3.73. The van der Waals surface area contributed by atoms with E-state index in [4.69, 9.17) is 0 Å². The van der Waals surface area contributed by atoms with Crippen LogP contribution in [0.15, 0.2) is 64.8 Å². The standard InChI is InChI=1S/C16H17N3O/c1-19(2)12-16(20)14-10-6-7-11-15(14)18-17-13-8-4-3-5-9-13/h3-11H,12H2,1-2H3. The fourth-order valence-electron chi connectivity index (χ4n) is 1.78. The first-order chi connectivity index (χ1) is 9.66. The third-order valence-corrected chi connectivity index (χ3v) is 2.69. The average molecular weight is 267 g/mol. The number of hydrogen-bond donors (Lipinski definition) is 0.